The highest BCUT2D eigenvalue weighted by atomic mass is 16.4. The molecule has 0 rings (SSSR count). The molecule has 0 aliphatic carbocycles. The molecule has 0 saturated carbocycles. The van der Waals surface area contributed by atoms with Crippen molar-refractivity contribution in [2.75, 3.05) is 0 Å². The van der Waals surface area contributed by atoms with E-state index in [1.807, 2.05) is 0 Å². The monoisotopic (exact) mass is 294 g/mol. The first kappa shape index (κ1) is 26.8. The Morgan fingerprint density at radius 1 is 0.950 bits per heavy atom. The highest BCUT2D eigenvalue weighted by molar-refractivity contribution is 5.74. The summed E-state index contributed by atoms with van der Waals surface area (Å²) in [5.74, 6) is -2.27. The van der Waals surface area contributed by atoms with E-state index in [1.165, 1.54) is 26.0 Å². The van der Waals surface area contributed by atoms with Crippen molar-refractivity contribution in [3.63, 3.8) is 0 Å². The van der Waals surface area contributed by atoms with Crippen molar-refractivity contribution in [1.29, 1.82) is 0 Å². The van der Waals surface area contributed by atoms with Crippen LogP contribution in [-0.2, 0) is 9.59 Å². The van der Waals surface area contributed by atoms with E-state index in [0.29, 0.717) is 12.8 Å². The molecule has 0 aliphatic heterocycles. The molecule has 0 aromatic carbocycles. The number of hydrogen-bond donors (Lipinski definition) is 2. The van der Waals surface area contributed by atoms with Gasteiger partial charge in [0.2, 0.25) is 0 Å². The van der Waals surface area contributed by atoms with E-state index < -0.39 is 23.0 Å². The summed E-state index contributed by atoms with van der Waals surface area (Å²) in [5.41, 5.74) is 4.83. The van der Waals surface area contributed by atoms with Crippen LogP contribution in [0.2, 0.25) is 0 Å². The fraction of sp³-hybridized carbons (Fsp3) is 0.500. The topological polar surface area (TPSA) is 199 Å². The molecule has 0 aromatic heterocycles. The summed E-state index contributed by atoms with van der Waals surface area (Å²) >= 11 is 0. The number of quaternary nitrogens is 2. The van der Waals surface area contributed by atoms with Crippen molar-refractivity contribution in [3.05, 3.63) is 25.3 Å². The predicted molar refractivity (Wildman–Crippen MR) is 69.5 cm³/mol. The molecule has 8 heteroatoms. The van der Waals surface area contributed by atoms with E-state index in [-0.39, 0.29) is 11.0 Å². The van der Waals surface area contributed by atoms with Gasteiger partial charge in [-0.1, -0.05) is 12.2 Å². The Morgan fingerprint density at radius 2 is 1.15 bits per heavy atom. The van der Waals surface area contributed by atoms with Crippen molar-refractivity contribution in [3.8, 4) is 0 Å². The Morgan fingerprint density at radius 3 is 1.20 bits per heavy atom. The lowest BCUT2D eigenvalue weighted by molar-refractivity contribution is -0.480. The summed E-state index contributed by atoms with van der Waals surface area (Å²) in [7, 11) is 0. The number of carboxylic acids is 2. The number of carboxylic acid groups (broad SMARTS) is 2. The Bertz CT molecular complexity index is 294. The summed E-state index contributed by atoms with van der Waals surface area (Å²) < 4.78 is 0. The summed E-state index contributed by atoms with van der Waals surface area (Å²) in [6.07, 6.45) is 3.72. The highest BCUT2D eigenvalue weighted by Crippen LogP contribution is 2.00. The van der Waals surface area contributed by atoms with Gasteiger partial charge in [0.15, 0.2) is 0 Å². The van der Waals surface area contributed by atoms with Crippen molar-refractivity contribution in [2.45, 2.75) is 37.8 Å². The molecule has 10 N–H and O–H groups in total. The molecule has 0 aliphatic rings. The number of carbonyl (C=O) groups excluding carboxylic acids is 2. The average Bonchev–Trinajstić information content (AvgIpc) is 2.17. The summed E-state index contributed by atoms with van der Waals surface area (Å²) in [5, 5.41) is 20.4. The molecule has 0 amide bonds. The van der Waals surface area contributed by atoms with E-state index in [1.54, 1.807) is 0 Å². The van der Waals surface area contributed by atoms with Gasteiger partial charge in [-0.05, 0) is 13.8 Å². The normalized spacial score (nSPS) is 14.6. The maximum Gasteiger partial charge on any atom is 0.135 e. The standard InChI is InChI=1S/2C6H11NO2.2H2O/c2*1-3-4-6(2,7)5(8)9;;/h2*3H,1,4,7H2,2H3,(H,8,9);2*1H2/t2*6-;;/m00../s1. The minimum Gasteiger partial charge on any atom is -0.544 e. The van der Waals surface area contributed by atoms with Crippen molar-refractivity contribution >= 4 is 11.9 Å². The Labute approximate surface area is 118 Å². The van der Waals surface area contributed by atoms with Crippen LogP contribution in [0.25, 0.3) is 0 Å². The fourth-order valence-electron chi connectivity index (χ4n) is 0.804. The van der Waals surface area contributed by atoms with E-state index in [0.717, 1.165) is 0 Å². The van der Waals surface area contributed by atoms with Crippen molar-refractivity contribution in [1.82, 2.24) is 0 Å². The van der Waals surface area contributed by atoms with Gasteiger partial charge in [-0.2, -0.15) is 0 Å². The van der Waals surface area contributed by atoms with Gasteiger partial charge in [-0.15, -0.1) is 13.2 Å². The SMILES string of the molecule is C=CC[C@](C)([NH3+])C(=O)[O-].C=CC[C@](C)([NH3+])C(=O)[O-].O.O. The Balaban J connectivity index is -0.000000116. The van der Waals surface area contributed by atoms with E-state index in [2.05, 4.69) is 24.6 Å². The molecule has 20 heavy (non-hydrogen) atoms. The van der Waals surface area contributed by atoms with Gasteiger partial charge in [0.25, 0.3) is 0 Å². The van der Waals surface area contributed by atoms with E-state index in [9.17, 15) is 19.8 Å². The molecule has 0 saturated heterocycles. The third-order valence-corrected chi connectivity index (χ3v) is 2.18. The molecule has 0 fully saturated rings. The maximum absolute atomic E-state index is 10.2. The zero-order valence-corrected chi connectivity index (χ0v) is 12.0. The van der Waals surface area contributed by atoms with Crippen molar-refractivity contribution in [2.24, 2.45) is 0 Å². The molecule has 0 bridgehead atoms. The van der Waals surface area contributed by atoms with Gasteiger partial charge in [-0.25, -0.2) is 0 Å². The van der Waals surface area contributed by atoms with Crippen LogP contribution < -0.4 is 21.7 Å². The molecule has 0 spiro atoms. The number of aliphatic carboxylic acids is 2. The van der Waals surface area contributed by atoms with Crippen LogP contribution in [-0.4, -0.2) is 34.0 Å². The van der Waals surface area contributed by atoms with Crippen molar-refractivity contribution < 1.29 is 42.2 Å². The summed E-state index contributed by atoms with van der Waals surface area (Å²) in [6, 6.07) is 0. The number of hydrogen-bond acceptors (Lipinski definition) is 4. The van der Waals surface area contributed by atoms with Crippen LogP contribution in [0.3, 0.4) is 0 Å². The largest absolute Gasteiger partial charge is 0.544 e. The van der Waals surface area contributed by atoms with Crippen LogP contribution in [0.4, 0.5) is 0 Å². The zero-order chi connectivity index (χ0) is 15.0. The van der Waals surface area contributed by atoms with Gasteiger partial charge in [0.05, 0.1) is 0 Å². The minimum absolute atomic E-state index is 0. The van der Waals surface area contributed by atoms with Gasteiger partial charge >= 0.3 is 0 Å². The molecule has 0 radical (unpaired) electrons. The molecule has 2 atom stereocenters. The zero-order valence-electron chi connectivity index (χ0n) is 12.0. The van der Waals surface area contributed by atoms with Crippen LogP contribution in [0.5, 0.6) is 0 Å². The summed E-state index contributed by atoms with van der Waals surface area (Å²) in [4.78, 5) is 20.4. The average molecular weight is 294 g/mol. The third-order valence-electron chi connectivity index (χ3n) is 2.18. The summed E-state index contributed by atoms with van der Waals surface area (Å²) in [6.45, 7) is 9.80. The molecular formula is C12H26N2O6. The highest BCUT2D eigenvalue weighted by Gasteiger charge is 2.22. The maximum atomic E-state index is 10.2. The minimum atomic E-state index is -1.14. The third kappa shape index (κ3) is 11.4. The number of rotatable bonds is 6. The molecule has 120 valence electrons. The fourth-order valence-corrected chi connectivity index (χ4v) is 0.804. The van der Waals surface area contributed by atoms with Gasteiger partial charge in [0.1, 0.15) is 23.0 Å². The van der Waals surface area contributed by atoms with E-state index >= 15 is 0 Å². The lowest BCUT2D eigenvalue weighted by Crippen LogP contribution is -2.77. The van der Waals surface area contributed by atoms with Gasteiger partial charge < -0.3 is 42.2 Å². The second-order valence-corrected chi connectivity index (χ2v) is 4.68. The first-order valence-corrected chi connectivity index (χ1v) is 5.36. The molecule has 0 heterocycles. The van der Waals surface area contributed by atoms with Gasteiger partial charge in [0, 0.05) is 12.8 Å². The predicted octanol–water partition coefficient (Wildman–Crippen LogP) is -5.02. The Hall–Kier alpha value is -1.74. The van der Waals surface area contributed by atoms with Crippen LogP contribution in [0.15, 0.2) is 25.3 Å². The molecule has 8 nitrogen and oxygen atoms in total. The smallest absolute Gasteiger partial charge is 0.135 e. The second kappa shape index (κ2) is 11.1. The lowest BCUT2D eigenvalue weighted by Gasteiger charge is -2.19. The molecule has 0 aromatic rings. The molecule has 0 unspecified atom stereocenters. The number of carbonyl (C=O) groups is 2. The lowest BCUT2D eigenvalue weighted by atomic mass is 10.0. The first-order chi connectivity index (χ1) is 8.01. The van der Waals surface area contributed by atoms with Crippen LogP contribution in [0.1, 0.15) is 26.7 Å². The quantitative estimate of drug-likeness (QED) is 0.462. The van der Waals surface area contributed by atoms with Crippen LogP contribution in [0, 0.1) is 0 Å². The van der Waals surface area contributed by atoms with Crippen LogP contribution >= 0.6 is 0 Å². The van der Waals surface area contributed by atoms with E-state index in [4.69, 9.17) is 0 Å². The second-order valence-electron chi connectivity index (χ2n) is 4.68. The first-order valence-electron chi connectivity index (χ1n) is 5.36. The Kier molecular flexibility index (Phi) is 14.9. The van der Waals surface area contributed by atoms with Gasteiger partial charge in [-0.3, -0.25) is 0 Å². The molecular weight excluding hydrogens is 268 g/mol.